The third kappa shape index (κ3) is 10.5. The number of methoxy groups -OCH3 is 3. The Balaban J connectivity index is 0.00000792. The Morgan fingerprint density at radius 1 is 0.255 bits per heavy atom. The fourth-order valence-electron chi connectivity index (χ4n) is 16.9. The normalized spacial score (nSPS) is 11.9. The second-order valence-electron chi connectivity index (χ2n) is 28.6. The SMILES string of the molecule is COC(=O)c1ccc(-c2c3nc(c(-c4ccc(C(=O)OC)cc4)c4[n-]c(c(-c5ccc(C(=O)OC)cc5)c5nc(c(-c6ccc(C)cc6)c6[n-]c2c2cc7cc8ccccc8cc7cc62)-c2cc6cc7ccccc7cc6cc2-5)c2cc5cc6ccccc6cc5cc42)-c2cc4cc5ccccc5cc4cc2-3)cc1.[Pt+2]. The summed E-state index contributed by atoms with van der Waals surface area (Å²) in [5.41, 5.74) is 16.8. The van der Waals surface area contributed by atoms with Crippen LogP contribution in [0.25, 0.3) is 219 Å². The number of aryl methyl sites for hydroxylation is 1. The number of fused-ring (bicyclic) bond motifs is 8. The molecule has 4 heterocycles. The molecule has 16 aromatic carbocycles. The topological polar surface area (TPSA) is 133 Å². The largest absolute Gasteiger partial charge is 2.00 e. The molecular formula is C99H60N4O6Pt. The van der Waals surface area contributed by atoms with E-state index in [0.717, 1.165) is 163 Å². The van der Waals surface area contributed by atoms with Crippen molar-refractivity contribution in [3.8, 4) is 89.5 Å². The minimum absolute atomic E-state index is 0. The first-order valence-electron chi connectivity index (χ1n) is 36.3. The van der Waals surface area contributed by atoms with Gasteiger partial charge in [0.2, 0.25) is 0 Å². The molecule has 1 aliphatic carbocycles. The Bertz CT molecular complexity index is 7300. The van der Waals surface area contributed by atoms with Gasteiger partial charge in [0.25, 0.3) is 0 Å². The van der Waals surface area contributed by atoms with Crippen molar-refractivity contribution in [3.63, 3.8) is 0 Å². The van der Waals surface area contributed by atoms with E-state index in [9.17, 15) is 14.4 Å². The second-order valence-corrected chi connectivity index (χ2v) is 28.6. The van der Waals surface area contributed by atoms with Crippen molar-refractivity contribution in [2.45, 2.75) is 6.92 Å². The van der Waals surface area contributed by atoms with E-state index < -0.39 is 17.9 Å². The van der Waals surface area contributed by atoms with E-state index in [2.05, 4.69) is 225 Å². The molecule has 0 saturated carbocycles. The quantitative estimate of drug-likeness (QED) is 0.0863. The predicted molar refractivity (Wildman–Crippen MR) is 443 cm³/mol. The number of esters is 3. The average Bonchev–Trinajstić information content (AvgIpc) is 1.55. The van der Waals surface area contributed by atoms with Crippen molar-refractivity contribution in [2.24, 2.45) is 0 Å². The summed E-state index contributed by atoms with van der Waals surface area (Å²) < 4.78 is 16.2. The van der Waals surface area contributed by atoms with Gasteiger partial charge in [-0.05, 0) is 293 Å². The zero-order valence-electron chi connectivity index (χ0n) is 59.8. The van der Waals surface area contributed by atoms with Crippen LogP contribution in [0.5, 0.6) is 0 Å². The molecule has 3 aliphatic rings. The molecule has 11 heteroatoms. The number of hydrogen-bond acceptors (Lipinski definition) is 8. The zero-order valence-corrected chi connectivity index (χ0v) is 62.0. The van der Waals surface area contributed by atoms with Crippen molar-refractivity contribution in [3.05, 3.63) is 313 Å². The number of ether oxygens (including phenoxy) is 3. The average molecular weight is 1600 g/mol. The number of nitrogens with zero attached hydrogens (tertiary/aromatic N) is 4. The Labute approximate surface area is 644 Å². The second kappa shape index (κ2) is 25.5. The van der Waals surface area contributed by atoms with Crippen molar-refractivity contribution < 1.29 is 49.7 Å². The molecule has 0 amide bonds. The first-order valence-corrected chi connectivity index (χ1v) is 36.3. The van der Waals surface area contributed by atoms with Gasteiger partial charge in [0, 0.05) is 22.3 Å². The fraction of sp³-hybridized carbons (Fsp3) is 0.0404. The minimum Gasteiger partial charge on any atom is -0.656 e. The van der Waals surface area contributed by atoms with Gasteiger partial charge in [0.15, 0.2) is 0 Å². The van der Waals surface area contributed by atoms with Crippen molar-refractivity contribution in [1.82, 2.24) is 19.9 Å². The standard InChI is InChI=1S/C99H61N4O6.Pt/c1-53-21-23-54(24-22-53)85-89-77-45-69-37-61-13-5-7-15-63(61)39-71(69)47-79(77)91(100-89)86(55-25-31-58(32-26-55)97(104)107-2)93-81-49-73-41-65-17-9-11-19-67(65)43-75(73)51-83(81)95(102-93)88(57-29-35-60(36-30-57)99(106)109-4)96-84-52-76-44-68-20-12-10-18-66(68)42-74(76)50-82(84)94(103-96)87(56-27-33-59(34-28-56)98(105)108-3)92-80-48-72-40-64-16-8-6-14-62(64)38-70(72)46-78(80)90(85)101-92;/h5-52H,1-4H3,(H-,100,101,102,103,104,105,106);/q-1;+2/p-1. The maximum atomic E-state index is 13.7. The summed E-state index contributed by atoms with van der Waals surface area (Å²) in [6, 6.07) is 102. The first kappa shape index (κ1) is 65.8. The van der Waals surface area contributed by atoms with Crippen LogP contribution < -0.4 is 9.97 Å². The van der Waals surface area contributed by atoms with E-state index >= 15 is 0 Å². The molecule has 2 aliphatic heterocycles. The van der Waals surface area contributed by atoms with Gasteiger partial charge in [0.1, 0.15) is 0 Å². The number of carbonyl (C=O) groups is 3. The van der Waals surface area contributed by atoms with E-state index in [1.54, 1.807) is 12.1 Å². The molecule has 2 aromatic heterocycles. The Kier molecular flexibility index (Phi) is 15.3. The Hall–Kier alpha value is -13.7. The summed E-state index contributed by atoms with van der Waals surface area (Å²) in [6.45, 7) is 2.11. The Morgan fingerprint density at radius 2 is 0.455 bits per heavy atom. The first-order chi connectivity index (χ1) is 53.5. The predicted octanol–water partition coefficient (Wildman–Crippen LogP) is 24.1. The molecule has 8 bridgehead atoms. The smallest absolute Gasteiger partial charge is 0.656 e. The van der Waals surface area contributed by atoms with Crippen molar-refractivity contribution >= 4 is 148 Å². The van der Waals surface area contributed by atoms with Crippen LogP contribution >= 0.6 is 0 Å². The van der Waals surface area contributed by atoms with Gasteiger partial charge in [-0.3, -0.25) is 0 Å². The molecule has 0 radical (unpaired) electrons. The molecule has 0 atom stereocenters. The van der Waals surface area contributed by atoms with Gasteiger partial charge < -0.3 is 24.2 Å². The number of aromatic nitrogens is 4. The molecule has 18 aromatic rings. The molecule has 21 rings (SSSR count). The van der Waals surface area contributed by atoms with Gasteiger partial charge in [-0.1, -0.05) is 163 Å². The van der Waals surface area contributed by atoms with Gasteiger partial charge in [0.05, 0.1) is 60.8 Å². The monoisotopic (exact) mass is 1600 g/mol. The summed E-state index contributed by atoms with van der Waals surface area (Å²) in [5, 5.41) is 20.2. The molecule has 0 unspecified atom stereocenters. The van der Waals surface area contributed by atoms with E-state index in [4.69, 9.17) is 34.1 Å². The molecule has 10 nitrogen and oxygen atoms in total. The van der Waals surface area contributed by atoms with Gasteiger partial charge >= 0.3 is 39.0 Å². The number of rotatable bonds is 7. The number of carbonyl (C=O) groups excluding carboxylic acids is 3. The molecule has 0 spiro atoms. The van der Waals surface area contributed by atoms with Crippen LogP contribution in [0.1, 0.15) is 36.6 Å². The van der Waals surface area contributed by atoms with Gasteiger partial charge in [-0.15, -0.1) is 22.1 Å². The van der Waals surface area contributed by atoms with Gasteiger partial charge in [-0.2, -0.15) is 0 Å². The molecule has 0 N–H and O–H groups in total. The molecule has 522 valence electrons. The minimum atomic E-state index is -0.479. The van der Waals surface area contributed by atoms with Crippen LogP contribution in [-0.2, 0) is 35.3 Å². The van der Waals surface area contributed by atoms with Crippen LogP contribution in [-0.4, -0.2) is 49.2 Å². The van der Waals surface area contributed by atoms with Crippen molar-refractivity contribution in [1.29, 1.82) is 0 Å². The van der Waals surface area contributed by atoms with E-state index in [1.807, 2.05) is 60.7 Å². The molecule has 110 heavy (non-hydrogen) atoms. The van der Waals surface area contributed by atoms with Gasteiger partial charge in [-0.25, -0.2) is 24.4 Å². The summed E-state index contributed by atoms with van der Waals surface area (Å²) >= 11 is 0. The van der Waals surface area contributed by atoms with Crippen LogP contribution in [0.4, 0.5) is 0 Å². The summed E-state index contributed by atoms with van der Waals surface area (Å²) in [5.74, 6) is -1.42. The summed E-state index contributed by atoms with van der Waals surface area (Å²) in [4.78, 5) is 66.1. The molecule has 0 fully saturated rings. The van der Waals surface area contributed by atoms with Crippen LogP contribution in [0, 0.1) is 6.92 Å². The fourth-order valence-corrected chi connectivity index (χ4v) is 16.9. The van der Waals surface area contributed by atoms with Crippen LogP contribution in [0.2, 0.25) is 0 Å². The maximum absolute atomic E-state index is 13.7. The zero-order chi connectivity index (χ0) is 73.0. The van der Waals surface area contributed by atoms with E-state index in [1.165, 1.54) is 21.3 Å². The maximum Gasteiger partial charge on any atom is 2.00 e. The summed E-state index contributed by atoms with van der Waals surface area (Å²) in [6.07, 6.45) is 0. The van der Waals surface area contributed by atoms with Crippen LogP contribution in [0.3, 0.4) is 0 Å². The van der Waals surface area contributed by atoms with Crippen molar-refractivity contribution in [2.75, 3.05) is 21.3 Å². The number of benzene rings is 16. The third-order valence-corrected chi connectivity index (χ3v) is 22.3. The Morgan fingerprint density at radius 3 is 0.664 bits per heavy atom. The van der Waals surface area contributed by atoms with E-state index in [0.29, 0.717) is 78.2 Å². The number of hydrogen-bond donors (Lipinski definition) is 0. The van der Waals surface area contributed by atoms with Crippen LogP contribution in [0.15, 0.2) is 291 Å². The molecular weight excluding hydrogens is 1540 g/mol. The molecule has 0 saturated heterocycles. The third-order valence-electron chi connectivity index (χ3n) is 22.3. The summed E-state index contributed by atoms with van der Waals surface area (Å²) in [7, 11) is 4.19. The van der Waals surface area contributed by atoms with E-state index in [-0.39, 0.29) is 21.1 Å².